The van der Waals surface area contributed by atoms with Crippen molar-refractivity contribution in [3.05, 3.63) is 102 Å². The van der Waals surface area contributed by atoms with Crippen molar-refractivity contribution in [2.24, 2.45) is 5.73 Å². The fourth-order valence-electron chi connectivity index (χ4n) is 6.15. The molecule has 0 bridgehead atoms. The van der Waals surface area contributed by atoms with Gasteiger partial charge in [-0.1, -0.05) is 55.5 Å². The number of hydrogen-bond acceptors (Lipinski definition) is 5. The largest absolute Gasteiger partial charge is 0.560 e. The number of ketones is 1. The Labute approximate surface area is 283 Å². The number of halogens is 3. The molecule has 1 amide bonds. The Kier molecular flexibility index (Phi) is 10.5. The van der Waals surface area contributed by atoms with Crippen molar-refractivity contribution in [3.8, 4) is 11.3 Å². The minimum absolute atomic E-state index is 0.0307. The highest BCUT2D eigenvalue weighted by Crippen LogP contribution is 2.34. The number of nitrogens with one attached hydrogen (secondary N) is 1. The van der Waals surface area contributed by atoms with Gasteiger partial charge in [-0.15, -0.1) is 13.2 Å². The molecular formula is C38H43F3N6O2+2. The molecule has 0 aliphatic heterocycles. The number of quaternary nitrogens is 1. The summed E-state index contributed by atoms with van der Waals surface area (Å²) in [6.45, 7) is 1.36. The molecule has 8 nitrogen and oxygen atoms in total. The van der Waals surface area contributed by atoms with E-state index in [-0.39, 0.29) is 38.3 Å². The molecule has 0 saturated carbocycles. The van der Waals surface area contributed by atoms with Gasteiger partial charge in [0.15, 0.2) is 12.3 Å². The molecule has 4 aromatic carbocycles. The van der Waals surface area contributed by atoms with E-state index < -0.39 is 22.7 Å². The highest BCUT2D eigenvalue weighted by molar-refractivity contribution is 6.10. The van der Waals surface area contributed by atoms with Gasteiger partial charge in [-0.05, 0) is 42.8 Å². The summed E-state index contributed by atoms with van der Waals surface area (Å²) < 4.78 is 43.0. The minimum atomic E-state index is -4.55. The van der Waals surface area contributed by atoms with Crippen molar-refractivity contribution in [1.29, 1.82) is 0 Å². The van der Waals surface area contributed by atoms with Crippen molar-refractivity contribution < 1.29 is 31.8 Å². The number of aromatic nitrogens is 1. The summed E-state index contributed by atoms with van der Waals surface area (Å²) in [5, 5.41) is 5.54. The number of hydrogen-bond donors (Lipinski definition) is 4. The van der Waals surface area contributed by atoms with Crippen molar-refractivity contribution in [1.82, 2.24) is 5.32 Å². The predicted molar refractivity (Wildman–Crippen MR) is 188 cm³/mol. The van der Waals surface area contributed by atoms with Gasteiger partial charge in [-0.25, -0.2) is 4.48 Å². The topological polar surface area (TPSA) is 128 Å². The Bertz CT molecular complexity index is 1970. The quantitative estimate of drug-likeness (QED) is 0.0307. The van der Waals surface area contributed by atoms with Gasteiger partial charge in [0.05, 0.1) is 37.0 Å². The average molecular weight is 673 g/mol. The lowest BCUT2D eigenvalue weighted by Gasteiger charge is -2.35. The van der Waals surface area contributed by atoms with Gasteiger partial charge in [0.1, 0.15) is 6.54 Å². The second-order valence-electron chi connectivity index (χ2n) is 12.7. The van der Waals surface area contributed by atoms with Gasteiger partial charge in [0.25, 0.3) is 0 Å². The third-order valence-electron chi connectivity index (χ3n) is 9.18. The maximum absolute atomic E-state index is 14.0. The lowest BCUT2D eigenvalue weighted by molar-refractivity contribution is -1.01. The molecule has 5 rings (SSSR count). The fraction of sp³-hybridized carbons (Fsp3) is 0.289. The summed E-state index contributed by atoms with van der Waals surface area (Å²) in [5.74, 6) is -0.716. The van der Waals surface area contributed by atoms with Gasteiger partial charge in [-0.2, -0.15) is 4.57 Å². The number of alkyl halides is 3. The molecule has 49 heavy (non-hydrogen) atoms. The van der Waals surface area contributed by atoms with Crippen LogP contribution in [-0.4, -0.2) is 55.2 Å². The normalized spacial score (nSPS) is 13.7. The van der Waals surface area contributed by atoms with Crippen molar-refractivity contribution in [3.63, 3.8) is 0 Å². The second kappa shape index (κ2) is 14.6. The van der Waals surface area contributed by atoms with Crippen LogP contribution in [0, 0.1) is 0 Å². The van der Waals surface area contributed by atoms with Crippen LogP contribution in [0.5, 0.6) is 0 Å². The molecular weight excluding hydrogens is 629 g/mol. The maximum atomic E-state index is 14.0. The van der Waals surface area contributed by atoms with Crippen LogP contribution in [0.2, 0.25) is 0 Å². The predicted octanol–water partition coefficient (Wildman–Crippen LogP) is 5.94. The number of rotatable bonds is 13. The van der Waals surface area contributed by atoms with Crippen LogP contribution in [0.1, 0.15) is 42.1 Å². The first-order valence-corrected chi connectivity index (χ1v) is 16.4. The van der Waals surface area contributed by atoms with Gasteiger partial charge in [-0.3, -0.25) is 9.59 Å². The zero-order valence-corrected chi connectivity index (χ0v) is 27.8. The number of pyridine rings is 1. The smallest absolute Gasteiger partial charge is 0.399 e. The summed E-state index contributed by atoms with van der Waals surface area (Å²) in [5.41, 5.74) is 23.8. The molecule has 11 heteroatoms. The molecule has 0 saturated heterocycles. The van der Waals surface area contributed by atoms with Crippen LogP contribution in [0.25, 0.3) is 32.9 Å². The molecule has 1 heterocycles. The van der Waals surface area contributed by atoms with E-state index in [0.29, 0.717) is 29.9 Å². The molecule has 5 aromatic rings. The molecule has 7 N–H and O–H groups in total. The molecule has 0 aliphatic carbocycles. The Morgan fingerprint density at radius 2 is 1.51 bits per heavy atom. The fourth-order valence-corrected chi connectivity index (χ4v) is 6.15. The van der Waals surface area contributed by atoms with Crippen LogP contribution >= 0.6 is 0 Å². The van der Waals surface area contributed by atoms with Crippen LogP contribution in [0.15, 0.2) is 91.0 Å². The molecule has 2 atom stereocenters. The summed E-state index contributed by atoms with van der Waals surface area (Å²) in [4.78, 5) is 25.0. The number of nitrogens with zero attached hydrogens (tertiary/aromatic N) is 2. The third-order valence-corrected chi connectivity index (χ3v) is 9.18. The van der Waals surface area contributed by atoms with Crippen LogP contribution in [0.3, 0.4) is 0 Å². The van der Waals surface area contributed by atoms with Crippen molar-refractivity contribution >= 4 is 44.7 Å². The zero-order valence-electron chi connectivity index (χ0n) is 27.8. The first-order valence-electron chi connectivity index (χ1n) is 16.4. The molecule has 0 radical (unpaired) electrons. The van der Waals surface area contributed by atoms with Crippen LogP contribution < -0.4 is 27.1 Å². The Hall–Kier alpha value is -5.00. The van der Waals surface area contributed by atoms with Crippen molar-refractivity contribution in [2.45, 2.75) is 45.1 Å². The summed E-state index contributed by atoms with van der Waals surface area (Å²) in [7, 11) is 1.07. The monoisotopic (exact) mass is 672 g/mol. The van der Waals surface area contributed by atoms with Crippen LogP contribution in [-0.2, 0) is 11.3 Å². The third kappa shape index (κ3) is 7.84. The molecule has 0 spiro atoms. The SMILES string of the molecule is CCC(N)C(=O)NCC[N+](C)(CCCC(=O)c1ccc(C[n+]2c(-c3ccccc3)c3cc(N)ccc3c3ccc(N)cc32)cc1)C(F)(F)F. The number of Topliss-reactive ketones (excluding diaryl/α,β-unsaturated/α-hetero) is 1. The lowest BCUT2D eigenvalue weighted by Crippen LogP contribution is -2.58. The highest BCUT2D eigenvalue weighted by Gasteiger charge is 2.51. The molecule has 2 unspecified atom stereocenters. The van der Waals surface area contributed by atoms with E-state index in [9.17, 15) is 22.8 Å². The number of nitrogens with two attached hydrogens (primary N) is 3. The molecule has 0 fully saturated rings. The number of likely N-dealkylation sites (N-methyl/N-ethyl adjacent to an activating group) is 1. The van der Waals surface area contributed by atoms with Crippen molar-refractivity contribution in [2.75, 3.05) is 38.1 Å². The minimum Gasteiger partial charge on any atom is -0.399 e. The standard InChI is InChI=1S/C38H41F3N6O2/c1-3-33(44)37(49)45-19-21-47(2,38(39,40)41)20-7-10-35(48)26-13-11-25(12-14-26)24-46-34-23-29(43)16-18-31(34)30-17-15-28(42)22-32(30)36(46)27-8-5-4-6-9-27/h4-6,8-9,11-18,22-23,33,43H,3,7,10,19-21,24,42,44H2,1-2H3/p+2. The Morgan fingerprint density at radius 3 is 2.16 bits per heavy atom. The molecule has 1 aromatic heterocycles. The number of amides is 1. The maximum Gasteiger partial charge on any atom is 0.560 e. The van der Waals surface area contributed by atoms with E-state index in [0.717, 1.165) is 45.5 Å². The first-order chi connectivity index (χ1) is 23.3. The van der Waals surface area contributed by atoms with E-state index in [1.54, 1.807) is 19.1 Å². The summed E-state index contributed by atoms with van der Waals surface area (Å²) >= 11 is 0. The van der Waals surface area contributed by atoms with E-state index in [1.807, 2.05) is 66.7 Å². The second-order valence-corrected chi connectivity index (χ2v) is 12.7. The average Bonchev–Trinajstić information content (AvgIpc) is 3.08. The van der Waals surface area contributed by atoms with E-state index in [2.05, 4.69) is 22.0 Å². The number of carbonyl (C=O) groups is 2. The van der Waals surface area contributed by atoms with Crippen LogP contribution in [0.4, 0.5) is 24.5 Å². The van der Waals surface area contributed by atoms with E-state index in [4.69, 9.17) is 17.2 Å². The Balaban J connectivity index is 1.36. The summed E-state index contributed by atoms with van der Waals surface area (Å²) in [6, 6.07) is 28.2. The lowest BCUT2D eigenvalue weighted by atomic mass is 9.97. The van der Waals surface area contributed by atoms with E-state index >= 15 is 0 Å². The number of benzene rings is 4. The number of anilines is 2. The molecule has 256 valence electrons. The summed E-state index contributed by atoms with van der Waals surface area (Å²) in [6.07, 6.45) is -4.18. The van der Waals surface area contributed by atoms with Gasteiger partial charge in [0, 0.05) is 52.4 Å². The zero-order chi connectivity index (χ0) is 35.3. The number of fused-ring (bicyclic) bond motifs is 3. The Morgan fingerprint density at radius 1 is 0.857 bits per heavy atom. The highest BCUT2D eigenvalue weighted by atomic mass is 19.4. The number of nitrogen functional groups attached to an aromatic ring is 2. The van der Waals surface area contributed by atoms with E-state index in [1.165, 1.54) is 0 Å². The first kappa shape index (κ1) is 35.3. The van der Waals surface area contributed by atoms with Gasteiger partial charge >= 0.3 is 6.30 Å². The molecule has 0 aliphatic rings. The van der Waals surface area contributed by atoms with Gasteiger partial charge < -0.3 is 22.5 Å². The van der Waals surface area contributed by atoms with Gasteiger partial charge in [0.2, 0.25) is 17.1 Å². The number of carbonyl (C=O) groups excluding carboxylic acids is 2.